The van der Waals surface area contributed by atoms with Gasteiger partial charge in [-0.25, -0.2) is 0 Å². The van der Waals surface area contributed by atoms with Gasteiger partial charge < -0.3 is 15.7 Å². The maximum atomic E-state index is 9.81. The quantitative estimate of drug-likeness (QED) is 0.689. The predicted molar refractivity (Wildman–Crippen MR) is 97.5 cm³/mol. The van der Waals surface area contributed by atoms with E-state index >= 15 is 0 Å². The Bertz CT molecular complexity index is 484. The van der Waals surface area contributed by atoms with E-state index in [1.54, 1.807) is 0 Å². The van der Waals surface area contributed by atoms with Crippen molar-refractivity contribution in [2.45, 2.75) is 84.5 Å². The average Bonchev–Trinajstić information content (AvgIpc) is 2.33. The Kier molecular flexibility index (Phi) is 6.75. The van der Waals surface area contributed by atoms with Gasteiger partial charge in [-0.3, -0.25) is 4.98 Å². The fourth-order valence-electron chi connectivity index (χ4n) is 2.30. The molecule has 0 fully saturated rings. The average molecular weight is 322 g/mol. The Morgan fingerprint density at radius 1 is 0.957 bits per heavy atom. The van der Waals surface area contributed by atoms with Gasteiger partial charge in [0.2, 0.25) is 0 Å². The molecule has 0 unspecified atom stereocenters. The third kappa shape index (κ3) is 9.69. The van der Waals surface area contributed by atoms with Gasteiger partial charge in [-0.1, -0.05) is 6.07 Å². The number of pyridine rings is 1. The van der Waals surface area contributed by atoms with Gasteiger partial charge in [-0.05, 0) is 73.6 Å². The van der Waals surface area contributed by atoms with E-state index in [0.717, 1.165) is 37.3 Å². The molecule has 0 aliphatic heterocycles. The lowest BCUT2D eigenvalue weighted by atomic mass is 9.96. The summed E-state index contributed by atoms with van der Waals surface area (Å²) < 4.78 is 0. The van der Waals surface area contributed by atoms with Gasteiger partial charge >= 0.3 is 0 Å². The first kappa shape index (κ1) is 20.1. The lowest BCUT2D eigenvalue weighted by Crippen LogP contribution is -2.43. The summed E-state index contributed by atoms with van der Waals surface area (Å²) in [7, 11) is 0. The minimum atomic E-state index is -0.625. The zero-order valence-corrected chi connectivity index (χ0v) is 16.0. The third-order valence-corrected chi connectivity index (χ3v) is 3.63. The van der Waals surface area contributed by atoms with E-state index in [1.807, 2.05) is 13.8 Å². The van der Waals surface area contributed by atoms with Crippen LogP contribution in [0.4, 0.5) is 0 Å². The Morgan fingerprint density at radius 3 is 2.13 bits per heavy atom. The largest absolute Gasteiger partial charge is 0.390 e. The summed E-state index contributed by atoms with van der Waals surface area (Å²) in [5.74, 6) is 0. The first-order chi connectivity index (χ1) is 10.4. The molecule has 1 rings (SSSR count). The molecular weight excluding hydrogens is 286 g/mol. The van der Waals surface area contributed by atoms with Crippen LogP contribution in [0.2, 0.25) is 0 Å². The first-order valence-corrected chi connectivity index (χ1v) is 8.54. The van der Waals surface area contributed by atoms with Gasteiger partial charge in [-0.15, -0.1) is 0 Å². The van der Waals surface area contributed by atoms with Gasteiger partial charge in [0.25, 0.3) is 0 Å². The first-order valence-electron chi connectivity index (χ1n) is 8.54. The molecular formula is C19H35N3O. The number of aromatic nitrogens is 1. The van der Waals surface area contributed by atoms with Gasteiger partial charge in [0.1, 0.15) is 0 Å². The fourth-order valence-corrected chi connectivity index (χ4v) is 2.30. The summed E-state index contributed by atoms with van der Waals surface area (Å²) in [6.07, 6.45) is 1.60. The molecule has 0 bridgehead atoms. The lowest BCUT2D eigenvalue weighted by Gasteiger charge is -2.28. The molecule has 1 aromatic rings. The van der Waals surface area contributed by atoms with Crippen molar-refractivity contribution in [3.8, 4) is 0 Å². The number of rotatable bonds is 8. The number of nitrogens with one attached hydrogen (secondary N) is 2. The van der Waals surface area contributed by atoms with E-state index in [1.165, 1.54) is 0 Å². The number of hydrogen-bond acceptors (Lipinski definition) is 4. The molecule has 4 heteroatoms. The van der Waals surface area contributed by atoms with E-state index in [0.29, 0.717) is 0 Å². The van der Waals surface area contributed by atoms with E-state index in [2.05, 4.69) is 63.5 Å². The van der Waals surface area contributed by atoms with Crippen LogP contribution in [0.5, 0.6) is 0 Å². The molecule has 0 spiro atoms. The van der Waals surface area contributed by atoms with Crippen molar-refractivity contribution < 1.29 is 5.11 Å². The zero-order valence-electron chi connectivity index (χ0n) is 16.0. The highest BCUT2D eigenvalue weighted by molar-refractivity contribution is 5.13. The molecule has 1 heterocycles. The molecule has 23 heavy (non-hydrogen) atoms. The monoisotopic (exact) mass is 321 g/mol. The molecule has 1 aromatic heterocycles. The Balaban J connectivity index is 2.58. The van der Waals surface area contributed by atoms with Crippen LogP contribution in [0.25, 0.3) is 0 Å². The second-order valence-electron chi connectivity index (χ2n) is 8.77. The maximum Gasteiger partial charge on any atom is 0.0603 e. The minimum absolute atomic E-state index is 0.0473. The van der Waals surface area contributed by atoms with Crippen molar-refractivity contribution in [1.82, 2.24) is 15.6 Å². The van der Waals surface area contributed by atoms with Crippen molar-refractivity contribution in [2.75, 3.05) is 6.54 Å². The van der Waals surface area contributed by atoms with Crippen molar-refractivity contribution >= 4 is 0 Å². The Hall–Kier alpha value is -0.970. The maximum absolute atomic E-state index is 9.81. The summed E-state index contributed by atoms with van der Waals surface area (Å²) in [5.41, 5.74) is 1.59. The van der Waals surface area contributed by atoms with Crippen LogP contribution >= 0.6 is 0 Å². The van der Waals surface area contributed by atoms with Gasteiger partial charge in [0.15, 0.2) is 0 Å². The summed E-state index contributed by atoms with van der Waals surface area (Å²) in [5, 5.41) is 16.8. The van der Waals surface area contributed by atoms with E-state index < -0.39 is 5.60 Å². The Labute approximate surface area is 142 Å². The molecule has 4 nitrogen and oxygen atoms in total. The summed E-state index contributed by atoms with van der Waals surface area (Å²) >= 11 is 0. The van der Waals surface area contributed by atoms with Crippen molar-refractivity contribution in [2.24, 2.45) is 0 Å². The van der Waals surface area contributed by atoms with Crippen LogP contribution in [0.3, 0.4) is 0 Å². The van der Waals surface area contributed by atoms with Crippen LogP contribution in [0.1, 0.15) is 66.3 Å². The highest BCUT2D eigenvalue weighted by atomic mass is 16.3. The highest BCUT2D eigenvalue weighted by Crippen LogP contribution is 2.13. The standard InChI is InChI=1S/C19H35N3O/c1-17(2,3)21-14-16-10-8-9-15(22-16)13-18(4,5)20-12-11-19(6,7)23/h8-10,20-21,23H,11-14H2,1-7H3. The van der Waals surface area contributed by atoms with E-state index in [9.17, 15) is 5.11 Å². The minimum Gasteiger partial charge on any atom is -0.390 e. The lowest BCUT2D eigenvalue weighted by molar-refractivity contribution is 0.0690. The molecule has 0 aliphatic rings. The van der Waals surface area contributed by atoms with Gasteiger partial charge in [-0.2, -0.15) is 0 Å². The van der Waals surface area contributed by atoms with Crippen LogP contribution in [0, 0.1) is 0 Å². The number of nitrogens with zero attached hydrogens (tertiary/aromatic N) is 1. The molecule has 0 atom stereocenters. The van der Waals surface area contributed by atoms with Crippen LogP contribution in [-0.2, 0) is 13.0 Å². The van der Waals surface area contributed by atoms with Crippen molar-refractivity contribution in [3.05, 3.63) is 29.6 Å². The molecule has 0 aliphatic carbocycles. The molecule has 0 aromatic carbocycles. The summed E-state index contributed by atoms with van der Waals surface area (Å²) in [6.45, 7) is 16.1. The van der Waals surface area contributed by atoms with Crippen LogP contribution in [0.15, 0.2) is 18.2 Å². The molecule has 0 amide bonds. The van der Waals surface area contributed by atoms with Gasteiger partial charge in [0.05, 0.1) is 11.3 Å². The molecule has 132 valence electrons. The molecule has 0 saturated carbocycles. The van der Waals surface area contributed by atoms with E-state index in [-0.39, 0.29) is 11.1 Å². The SMILES string of the molecule is CC(C)(O)CCNC(C)(C)Cc1cccc(CNC(C)(C)C)n1. The topological polar surface area (TPSA) is 57.2 Å². The normalized spacial score (nSPS) is 13.4. The second kappa shape index (κ2) is 7.73. The molecule has 0 radical (unpaired) electrons. The molecule has 0 saturated heterocycles. The number of aliphatic hydroxyl groups is 1. The second-order valence-corrected chi connectivity index (χ2v) is 8.77. The zero-order chi connectivity index (χ0) is 17.7. The Morgan fingerprint density at radius 2 is 1.57 bits per heavy atom. The molecule has 3 N–H and O–H groups in total. The summed E-state index contributed by atoms with van der Waals surface area (Å²) in [6, 6.07) is 6.23. The van der Waals surface area contributed by atoms with Crippen molar-refractivity contribution in [3.63, 3.8) is 0 Å². The van der Waals surface area contributed by atoms with Gasteiger partial charge in [0, 0.05) is 29.7 Å². The van der Waals surface area contributed by atoms with Crippen LogP contribution < -0.4 is 10.6 Å². The highest BCUT2D eigenvalue weighted by Gasteiger charge is 2.20. The third-order valence-electron chi connectivity index (χ3n) is 3.63. The number of hydrogen-bond donors (Lipinski definition) is 3. The fraction of sp³-hybridized carbons (Fsp3) is 0.737. The predicted octanol–water partition coefficient (Wildman–Crippen LogP) is 3.04. The summed E-state index contributed by atoms with van der Waals surface area (Å²) in [4.78, 5) is 4.77. The van der Waals surface area contributed by atoms with E-state index in [4.69, 9.17) is 4.98 Å². The van der Waals surface area contributed by atoms with Crippen molar-refractivity contribution in [1.29, 1.82) is 0 Å². The smallest absolute Gasteiger partial charge is 0.0603 e. The van der Waals surface area contributed by atoms with Crippen LogP contribution in [-0.4, -0.2) is 33.3 Å².